The number of rotatable bonds is 26. The van der Waals surface area contributed by atoms with E-state index in [1.807, 2.05) is 45.9 Å². The van der Waals surface area contributed by atoms with E-state index in [-0.39, 0.29) is 54.6 Å². The molecule has 0 radical (unpaired) electrons. The first-order valence-electron chi connectivity index (χ1n) is 25.6. The van der Waals surface area contributed by atoms with Crippen LogP contribution in [-0.4, -0.2) is 121 Å². The van der Waals surface area contributed by atoms with Gasteiger partial charge in [-0.3, -0.25) is 33.7 Å². The van der Waals surface area contributed by atoms with E-state index >= 15 is 0 Å². The summed E-state index contributed by atoms with van der Waals surface area (Å²) in [6.07, 6.45) is 7.56. The summed E-state index contributed by atoms with van der Waals surface area (Å²) < 4.78 is 42.8. The smallest absolute Gasteiger partial charge is 0.264 e. The van der Waals surface area contributed by atoms with Gasteiger partial charge >= 0.3 is 0 Å². The summed E-state index contributed by atoms with van der Waals surface area (Å²) in [4.78, 5) is 88.2. The molecule has 75 heavy (non-hydrogen) atoms. The quantitative estimate of drug-likeness (QED) is 0.0351. The number of anilines is 1. The van der Waals surface area contributed by atoms with Crippen LogP contribution in [0.2, 0.25) is 0 Å². The molecular weight excluding hydrogens is 1000 g/mol. The van der Waals surface area contributed by atoms with Gasteiger partial charge in [-0.25, -0.2) is 13.4 Å². The fourth-order valence-electron chi connectivity index (χ4n) is 9.49. The van der Waals surface area contributed by atoms with Crippen molar-refractivity contribution < 1.29 is 56.5 Å². The third-order valence-electron chi connectivity index (χ3n) is 13.3. The van der Waals surface area contributed by atoms with Gasteiger partial charge in [-0.15, -0.1) is 11.3 Å². The predicted molar refractivity (Wildman–Crippen MR) is 287 cm³/mol. The Bertz CT molecular complexity index is 2830. The number of nitrogens with zero attached hydrogens (tertiary/aromatic N) is 3. The number of thiazole rings is 1. The number of carbonyl (C=O) groups is 6. The Morgan fingerprint density at radius 3 is 2.25 bits per heavy atom. The second-order valence-electron chi connectivity index (χ2n) is 20.3. The van der Waals surface area contributed by atoms with E-state index in [9.17, 15) is 42.3 Å². The number of unbranched alkanes of at least 4 members (excludes halogenated alkanes) is 7. The number of aromatic nitrogens is 1. The zero-order valence-electron chi connectivity index (χ0n) is 44.3. The molecule has 6 amide bonds. The van der Waals surface area contributed by atoms with Crippen LogP contribution >= 0.6 is 11.3 Å². The van der Waals surface area contributed by atoms with E-state index in [1.165, 1.54) is 36.3 Å². The number of amides is 6. The number of sulfone groups is 1. The second kappa shape index (κ2) is 25.9. The number of imide groups is 1. The Hall–Kier alpha value is -6.38. The SMILES string of the molecule is CCOc1cc([C@@H](CS(C)(=O)=O)N2C(=O)c3cccc(NC(=O)CCCCCCCCCCOc4cc(-c5scnc5C)ccc4CNC(=O)[C@@H]4C[C@@H](O)CN4C(=O)[C@@H](NC(C)=O)C(C)(C)C)c3C2=O)ccc1OC. The molecule has 0 spiro atoms. The monoisotopic (exact) mass is 1070 g/mol. The summed E-state index contributed by atoms with van der Waals surface area (Å²) in [5, 5.41) is 19.1. The van der Waals surface area contributed by atoms with Crippen molar-refractivity contribution in [2.45, 2.75) is 137 Å². The number of aliphatic hydroxyl groups is 1. The van der Waals surface area contributed by atoms with E-state index in [1.54, 1.807) is 42.8 Å². The number of nitrogens with one attached hydrogen (secondary N) is 3. The second-order valence-corrected chi connectivity index (χ2v) is 23.4. The van der Waals surface area contributed by atoms with Crippen LogP contribution in [0.4, 0.5) is 5.69 Å². The third-order valence-corrected chi connectivity index (χ3v) is 15.2. The number of hydrogen-bond acceptors (Lipinski definition) is 14. The Morgan fingerprint density at radius 1 is 0.907 bits per heavy atom. The van der Waals surface area contributed by atoms with Crippen LogP contribution < -0.4 is 30.2 Å². The number of aryl methyl sites for hydroxylation is 1. The van der Waals surface area contributed by atoms with Gasteiger partial charge in [-0.1, -0.05) is 83.6 Å². The number of methoxy groups -OCH3 is 1. The molecule has 2 aliphatic rings. The van der Waals surface area contributed by atoms with Gasteiger partial charge < -0.3 is 40.2 Å². The van der Waals surface area contributed by atoms with Crippen LogP contribution in [0.25, 0.3) is 10.4 Å². The Labute approximate surface area is 444 Å². The summed E-state index contributed by atoms with van der Waals surface area (Å²) in [6.45, 7) is 11.5. The molecule has 0 unspecified atom stereocenters. The molecule has 4 N–H and O–H groups in total. The van der Waals surface area contributed by atoms with Crippen molar-refractivity contribution in [1.82, 2.24) is 25.4 Å². The fraction of sp³-hybridized carbons (Fsp3) is 0.509. The minimum absolute atomic E-state index is 0.0154. The van der Waals surface area contributed by atoms with Gasteiger partial charge in [0.25, 0.3) is 11.8 Å². The first-order valence-corrected chi connectivity index (χ1v) is 28.5. The maximum Gasteiger partial charge on any atom is 0.264 e. The lowest BCUT2D eigenvalue weighted by atomic mass is 9.85. The maximum absolute atomic E-state index is 14.1. The van der Waals surface area contributed by atoms with Crippen LogP contribution in [0.5, 0.6) is 17.2 Å². The third kappa shape index (κ3) is 15.2. The molecule has 2 aliphatic heterocycles. The van der Waals surface area contributed by atoms with Crippen molar-refractivity contribution in [2.75, 3.05) is 44.2 Å². The van der Waals surface area contributed by atoms with E-state index in [0.29, 0.717) is 42.4 Å². The number of β-amino-alcohol motifs (C(OH)–C–C–N with tert-alkyl or cyclic N) is 1. The number of ether oxygens (including phenoxy) is 3. The zero-order valence-corrected chi connectivity index (χ0v) is 45.9. The van der Waals surface area contributed by atoms with Crippen LogP contribution in [0, 0.1) is 12.3 Å². The predicted octanol–water partition coefficient (Wildman–Crippen LogP) is 7.56. The van der Waals surface area contributed by atoms with Crippen molar-refractivity contribution in [3.63, 3.8) is 0 Å². The van der Waals surface area contributed by atoms with E-state index in [0.717, 1.165) is 77.8 Å². The van der Waals surface area contributed by atoms with E-state index < -0.39 is 68.9 Å². The number of hydrogen-bond donors (Lipinski definition) is 4. The van der Waals surface area contributed by atoms with E-state index in [4.69, 9.17) is 14.2 Å². The van der Waals surface area contributed by atoms with Crippen LogP contribution in [0.3, 0.4) is 0 Å². The largest absolute Gasteiger partial charge is 0.493 e. The summed E-state index contributed by atoms with van der Waals surface area (Å²) in [6, 6.07) is 12.3. The molecule has 6 rings (SSSR count). The van der Waals surface area contributed by atoms with Crippen molar-refractivity contribution >= 4 is 62.3 Å². The molecule has 3 aromatic carbocycles. The molecule has 3 heterocycles. The summed E-state index contributed by atoms with van der Waals surface area (Å²) >= 11 is 1.53. The van der Waals surface area contributed by atoms with Gasteiger partial charge in [0.2, 0.25) is 23.6 Å². The van der Waals surface area contributed by atoms with Crippen LogP contribution in [0.1, 0.15) is 142 Å². The lowest BCUT2D eigenvalue weighted by Crippen LogP contribution is -2.57. The van der Waals surface area contributed by atoms with E-state index in [2.05, 4.69) is 20.9 Å². The number of fused-ring (bicyclic) bond motifs is 1. The fourth-order valence-corrected chi connectivity index (χ4v) is 11.2. The highest BCUT2D eigenvalue weighted by Gasteiger charge is 2.45. The molecule has 406 valence electrons. The molecule has 20 heteroatoms. The highest BCUT2D eigenvalue weighted by Crippen LogP contribution is 2.39. The van der Waals surface area contributed by atoms with Crippen molar-refractivity contribution in [1.29, 1.82) is 0 Å². The summed E-state index contributed by atoms with van der Waals surface area (Å²) in [5.74, 6) is -2.00. The number of aliphatic hydroxyl groups excluding tert-OH is 1. The number of carbonyl (C=O) groups excluding carboxylic acids is 6. The number of benzene rings is 3. The lowest BCUT2D eigenvalue weighted by molar-refractivity contribution is -0.143. The summed E-state index contributed by atoms with van der Waals surface area (Å²) in [5.41, 5.74) is 4.42. The topological polar surface area (TPSA) is 240 Å². The molecule has 0 aliphatic carbocycles. The lowest BCUT2D eigenvalue weighted by Gasteiger charge is -2.35. The summed E-state index contributed by atoms with van der Waals surface area (Å²) in [7, 11) is -2.22. The highest BCUT2D eigenvalue weighted by atomic mass is 32.2. The Balaban J connectivity index is 0.954. The molecule has 1 fully saturated rings. The van der Waals surface area contributed by atoms with Crippen molar-refractivity contribution in [3.05, 3.63) is 88.1 Å². The average Bonchev–Trinajstić information content (AvgIpc) is 4.04. The minimum atomic E-state index is -3.70. The van der Waals surface area contributed by atoms with Gasteiger partial charge in [0, 0.05) is 44.7 Å². The molecule has 4 aromatic rings. The van der Waals surface area contributed by atoms with Crippen LogP contribution in [0.15, 0.2) is 60.1 Å². The molecule has 0 saturated carbocycles. The molecule has 1 saturated heterocycles. The molecule has 1 aromatic heterocycles. The average molecular weight is 1070 g/mol. The zero-order chi connectivity index (χ0) is 54.6. The maximum atomic E-state index is 14.1. The van der Waals surface area contributed by atoms with Gasteiger partial charge in [0.1, 0.15) is 27.7 Å². The normalized spacial score (nSPS) is 16.3. The van der Waals surface area contributed by atoms with Gasteiger partial charge in [0.15, 0.2) is 11.5 Å². The molecule has 18 nitrogen and oxygen atoms in total. The van der Waals surface area contributed by atoms with Gasteiger partial charge in [-0.2, -0.15) is 0 Å². The van der Waals surface area contributed by atoms with Crippen LogP contribution in [-0.2, 0) is 35.6 Å². The molecule has 0 bridgehead atoms. The first kappa shape index (κ1) is 57.9. The molecule has 4 atom stereocenters. The van der Waals surface area contributed by atoms with Crippen molar-refractivity contribution in [2.24, 2.45) is 5.41 Å². The highest BCUT2D eigenvalue weighted by molar-refractivity contribution is 7.90. The number of likely N-dealkylation sites (tertiary alicyclic amines) is 1. The Morgan fingerprint density at radius 2 is 1.61 bits per heavy atom. The van der Waals surface area contributed by atoms with Gasteiger partial charge in [0.05, 0.1) is 71.1 Å². The van der Waals surface area contributed by atoms with Crippen molar-refractivity contribution in [3.8, 4) is 27.7 Å². The molecular formula is C55H72N6O12S2. The standard InChI is InChI=1S/C55H72N6O12S2/c1-9-72-46-27-36(24-25-44(46)71-7)43(32-75(8,69)70)61-52(66)40-19-18-20-41(48(40)53(61)67)59-47(64)21-16-14-12-10-11-13-15-17-26-73-45-28-37(49-34(2)57-33-74-49)22-23-38(45)30-56-51(65)42-29-39(63)31-60(42)54(68)50(55(4,5)6)58-35(3)62/h18-20,22-25,27-28,33,39,42-43,50,63H,9-17,21,26,29-32H2,1-8H3,(H,56,65)(H,58,62)(H,59,64)/t39-,42+,43-,50-/m1/s1. The minimum Gasteiger partial charge on any atom is -0.493 e. The van der Waals surface area contributed by atoms with Gasteiger partial charge in [-0.05, 0) is 73.6 Å². The first-order chi connectivity index (χ1) is 35.6. The Kier molecular flexibility index (Phi) is 20.0.